The standard InChI is InChI=1S/C18H26N4O2/c1-13-7-5-8-17(15(13)3)24-10-6-9-19-18(23)20-12-16-11-14(2)21-22(16)4/h5,7-8,11H,6,9-10,12H2,1-4H3,(H2,19,20,23). The van der Waals surface area contributed by atoms with Crippen molar-refractivity contribution in [3.05, 3.63) is 46.8 Å². The zero-order chi connectivity index (χ0) is 17.5. The highest BCUT2D eigenvalue weighted by atomic mass is 16.5. The van der Waals surface area contributed by atoms with E-state index in [0.29, 0.717) is 19.7 Å². The van der Waals surface area contributed by atoms with Gasteiger partial charge < -0.3 is 15.4 Å². The Bertz CT molecular complexity index is 694. The van der Waals surface area contributed by atoms with Crippen LogP contribution in [0.1, 0.15) is 28.9 Å². The summed E-state index contributed by atoms with van der Waals surface area (Å²) in [6.45, 7) is 7.66. The lowest BCUT2D eigenvalue weighted by Gasteiger charge is -2.11. The summed E-state index contributed by atoms with van der Waals surface area (Å²) in [5.41, 5.74) is 4.30. The number of hydrogen-bond donors (Lipinski definition) is 2. The first-order valence-electron chi connectivity index (χ1n) is 8.17. The molecule has 1 aromatic carbocycles. The predicted molar refractivity (Wildman–Crippen MR) is 94.2 cm³/mol. The van der Waals surface area contributed by atoms with Gasteiger partial charge in [0.15, 0.2) is 0 Å². The second kappa shape index (κ2) is 8.38. The molecule has 6 nitrogen and oxygen atoms in total. The van der Waals surface area contributed by atoms with Crippen LogP contribution in [0.3, 0.4) is 0 Å². The normalized spacial score (nSPS) is 10.5. The van der Waals surface area contributed by atoms with Gasteiger partial charge in [0.2, 0.25) is 0 Å². The van der Waals surface area contributed by atoms with Crippen LogP contribution in [0.4, 0.5) is 4.79 Å². The van der Waals surface area contributed by atoms with Crippen molar-refractivity contribution in [2.45, 2.75) is 33.7 Å². The maximum Gasteiger partial charge on any atom is 0.315 e. The lowest BCUT2D eigenvalue weighted by atomic mass is 10.1. The van der Waals surface area contributed by atoms with Crippen molar-refractivity contribution in [3.63, 3.8) is 0 Å². The van der Waals surface area contributed by atoms with E-state index in [0.717, 1.165) is 29.1 Å². The van der Waals surface area contributed by atoms with Crippen LogP contribution in [0.2, 0.25) is 0 Å². The zero-order valence-electron chi connectivity index (χ0n) is 14.8. The Hall–Kier alpha value is -2.50. The van der Waals surface area contributed by atoms with Crippen molar-refractivity contribution in [1.82, 2.24) is 20.4 Å². The molecule has 0 fully saturated rings. The molecular formula is C18H26N4O2. The van der Waals surface area contributed by atoms with Crippen LogP contribution in [-0.2, 0) is 13.6 Å². The van der Waals surface area contributed by atoms with E-state index in [-0.39, 0.29) is 6.03 Å². The summed E-state index contributed by atoms with van der Waals surface area (Å²) in [5.74, 6) is 0.908. The molecule has 0 radical (unpaired) electrons. The van der Waals surface area contributed by atoms with Gasteiger partial charge in [-0.05, 0) is 50.5 Å². The molecule has 1 heterocycles. The van der Waals surface area contributed by atoms with Gasteiger partial charge in [-0.2, -0.15) is 5.10 Å². The fourth-order valence-corrected chi connectivity index (χ4v) is 2.40. The summed E-state index contributed by atoms with van der Waals surface area (Å²) >= 11 is 0. The number of aromatic nitrogens is 2. The number of ether oxygens (including phenoxy) is 1. The molecule has 2 aromatic rings. The average Bonchev–Trinajstić information content (AvgIpc) is 2.86. The molecule has 2 N–H and O–H groups in total. The van der Waals surface area contributed by atoms with Gasteiger partial charge in [-0.15, -0.1) is 0 Å². The van der Waals surface area contributed by atoms with E-state index >= 15 is 0 Å². The molecule has 6 heteroatoms. The summed E-state index contributed by atoms with van der Waals surface area (Å²) in [5, 5.41) is 9.90. The van der Waals surface area contributed by atoms with Crippen LogP contribution in [0.5, 0.6) is 5.75 Å². The summed E-state index contributed by atoms with van der Waals surface area (Å²) < 4.78 is 7.54. The van der Waals surface area contributed by atoms with E-state index in [1.54, 1.807) is 4.68 Å². The molecule has 0 saturated heterocycles. The maximum atomic E-state index is 11.8. The first-order valence-corrected chi connectivity index (χ1v) is 8.17. The monoisotopic (exact) mass is 330 g/mol. The SMILES string of the molecule is Cc1cc(CNC(=O)NCCCOc2cccc(C)c2C)n(C)n1. The number of urea groups is 1. The first kappa shape index (κ1) is 17.8. The fraction of sp³-hybridized carbons (Fsp3) is 0.444. The summed E-state index contributed by atoms with van der Waals surface area (Å²) in [7, 11) is 1.87. The number of aryl methyl sites for hydroxylation is 3. The van der Waals surface area contributed by atoms with Crippen molar-refractivity contribution < 1.29 is 9.53 Å². The summed E-state index contributed by atoms with van der Waals surface area (Å²) in [6, 6.07) is 7.80. The van der Waals surface area contributed by atoms with Crippen LogP contribution in [0.25, 0.3) is 0 Å². The number of hydrogen-bond acceptors (Lipinski definition) is 3. The molecule has 0 bridgehead atoms. The number of amides is 2. The van der Waals surface area contributed by atoms with Crippen molar-refractivity contribution in [2.75, 3.05) is 13.2 Å². The minimum atomic E-state index is -0.180. The largest absolute Gasteiger partial charge is 0.493 e. The molecule has 0 spiro atoms. The number of carbonyl (C=O) groups excluding carboxylic acids is 1. The summed E-state index contributed by atoms with van der Waals surface area (Å²) in [6.07, 6.45) is 0.756. The van der Waals surface area contributed by atoms with Crippen LogP contribution < -0.4 is 15.4 Å². The van der Waals surface area contributed by atoms with Crippen LogP contribution in [0.15, 0.2) is 24.3 Å². The fourth-order valence-electron chi connectivity index (χ4n) is 2.40. The van der Waals surface area contributed by atoms with E-state index in [4.69, 9.17) is 4.74 Å². The van der Waals surface area contributed by atoms with Gasteiger partial charge >= 0.3 is 6.03 Å². The molecule has 130 valence electrons. The Morgan fingerprint density at radius 3 is 2.75 bits per heavy atom. The van der Waals surface area contributed by atoms with Gasteiger partial charge in [0.05, 0.1) is 24.5 Å². The number of rotatable bonds is 7. The van der Waals surface area contributed by atoms with Crippen molar-refractivity contribution in [1.29, 1.82) is 0 Å². The van der Waals surface area contributed by atoms with E-state index in [1.807, 2.05) is 32.2 Å². The van der Waals surface area contributed by atoms with Crippen molar-refractivity contribution in [3.8, 4) is 5.75 Å². The Balaban J connectivity index is 1.62. The van der Waals surface area contributed by atoms with E-state index < -0.39 is 0 Å². The van der Waals surface area contributed by atoms with E-state index in [9.17, 15) is 4.79 Å². The van der Waals surface area contributed by atoms with Gasteiger partial charge in [-0.3, -0.25) is 4.68 Å². The highest BCUT2D eigenvalue weighted by Gasteiger charge is 2.05. The highest BCUT2D eigenvalue weighted by Crippen LogP contribution is 2.20. The van der Waals surface area contributed by atoms with Crippen LogP contribution >= 0.6 is 0 Å². The lowest BCUT2D eigenvalue weighted by Crippen LogP contribution is -2.36. The Morgan fingerprint density at radius 1 is 1.25 bits per heavy atom. The number of nitrogens with zero attached hydrogens (tertiary/aromatic N) is 2. The third kappa shape index (κ3) is 5.01. The first-order chi connectivity index (χ1) is 11.5. The molecule has 0 aliphatic rings. The Morgan fingerprint density at radius 2 is 2.04 bits per heavy atom. The van der Waals surface area contributed by atoms with Gasteiger partial charge in [0.25, 0.3) is 0 Å². The minimum absolute atomic E-state index is 0.180. The molecule has 24 heavy (non-hydrogen) atoms. The smallest absolute Gasteiger partial charge is 0.315 e. The molecule has 0 aliphatic carbocycles. The predicted octanol–water partition coefficient (Wildman–Crippen LogP) is 2.61. The molecular weight excluding hydrogens is 304 g/mol. The number of benzene rings is 1. The van der Waals surface area contributed by atoms with Crippen LogP contribution in [-0.4, -0.2) is 29.0 Å². The second-order valence-corrected chi connectivity index (χ2v) is 5.91. The molecule has 0 saturated carbocycles. The number of nitrogens with one attached hydrogen (secondary N) is 2. The molecule has 0 unspecified atom stereocenters. The third-order valence-corrected chi connectivity index (χ3v) is 3.95. The average molecular weight is 330 g/mol. The van der Waals surface area contributed by atoms with E-state index in [2.05, 4.69) is 35.6 Å². The quantitative estimate of drug-likeness (QED) is 0.767. The van der Waals surface area contributed by atoms with E-state index in [1.165, 1.54) is 5.56 Å². The lowest BCUT2D eigenvalue weighted by molar-refractivity contribution is 0.238. The summed E-state index contributed by atoms with van der Waals surface area (Å²) in [4.78, 5) is 11.8. The third-order valence-electron chi connectivity index (χ3n) is 3.95. The minimum Gasteiger partial charge on any atom is -0.493 e. The molecule has 1 aromatic heterocycles. The molecule has 2 rings (SSSR count). The number of carbonyl (C=O) groups is 1. The molecule has 0 atom stereocenters. The van der Waals surface area contributed by atoms with Crippen molar-refractivity contribution >= 4 is 6.03 Å². The van der Waals surface area contributed by atoms with Crippen molar-refractivity contribution in [2.24, 2.45) is 7.05 Å². The maximum absolute atomic E-state index is 11.8. The molecule has 0 aliphatic heterocycles. The Labute approximate surface area is 143 Å². The Kier molecular flexibility index (Phi) is 6.23. The highest BCUT2D eigenvalue weighted by molar-refractivity contribution is 5.73. The zero-order valence-corrected chi connectivity index (χ0v) is 14.8. The topological polar surface area (TPSA) is 68.2 Å². The van der Waals surface area contributed by atoms with Gasteiger partial charge in [0, 0.05) is 13.6 Å². The van der Waals surface area contributed by atoms with Gasteiger partial charge in [-0.25, -0.2) is 4.79 Å². The van der Waals surface area contributed by atoms with Crippen LogP contribution in [0, 0.1) is 20.8 Å². The molecule has 2 amide bonds. The van der Waals surface area contributed by atoms with Gasteiger partial charge in [0.1, 0.15) is 5.75 Å². The van der Waals surface area contributed by atoms with Gasteiger partial charge in [-0.1, -0.05) is 12.1 Å². The second-order valence-electron chi connectivity index (χ2n) is 5.91.